The summed E-state index contributed by atoms with van der Waals surface area (Å²) in [5.74, 6) is 0.837. The summed E-state index contributed by atoms with van der Waals surface area (Å²) in [4.78, 5) is 0.897. The zero-order valence-electron chi connectivity index (χ0n) is 13.1. The molecule has 0 radical (unpaired) electrons. The van der Waals surface area contributed by atoms with Crippen molar-refractivity contribution in [3.63, 3.8) is 0 Å². The highest BCUT2D eigenvalue weighted by atomic mass is 32.2. The molecule has 0 aliphatic heterocycles. The molecule has 0 spiro atoms. The van der Waals surface area contributed by atoms with E-state index >= 15 is 0 Å². The quantitative estimate of drug-likeness (QED) is 0.698. The van der Waals surface area contributed by atoms with Crippen LogP contribution < -0.4 is 4.72 Å². The fraction of sp³-hybridized carbons (Fsp3) is 0.250. The van der Waals surface area contributed by atoms with Gasteiger partial charge in [0.2, 0.25) is 15.9 Å². The van der Waals surface area contributed by atoms with Crippen molar-refractivity contribution in [2.24, 2.45) is 0 Å². The molecular formula is C16H17N3O3S2. The maximum atomic E-state index is 12.2. The van der Waals surface area contributed by atoms with Gasteiger partial charge in [-0.05, 0) is 29.5 Å². The number of nitrogens with zero attached hydrogens (tertiary/aromatic N) is 2. The van der Waals surface area contributed by atoms with Crippen molar-refractivity contribution in [2.45, 2.75) is 19.1 Å². The normalized spacial score (nSPS) is 11.7. The molecule has 3 rings (SSSR count). The first-order valence-electron chi connectivity index (χ1n) is 7.41. The minimum Gasteiger partial charge on any atom is -0.420 e. The fourth-order valence-corrected chi connectivity index (χ4v) is 4.09. The van der Waals surface area contributed by atoms with Gasteiger partial charge in [0.25, 0.3) is 5.89 Å². The van der Waals surface area contributed by atoms with Gasteiger partial charge in [-0.3, -0.25) is 0 Å². The minimum absolute atomic E-state index is 0.0377. The molecular weight excluding hydrogens is 346 g/mol. The van der Waals surface area contributed by atoms with E-state index in [4.69, 9.17) is 4.42 Å². The number of rotatable bonds is 7. The van der Waals surface area contributed by atoms with E-state index in [1.165, 1.54) is 11.3 Å². The largest absolute Gasteiger partial charge is 0.420 e. The second kappa shape index (κ2) is 7.25. The first-order valence-corrected chi connectivity index (χ1v) is 9.95. The summed E-state index contributed by atoms with van der Waals surface area (Å²) in [6.45, 7) is 2.12. The number of thiophene rings is 1. The molecule has 0 aliphatic rings. The van der Waals surface area contributed by atoms with E-state index in [1.807, 2.05) is 48.7 Å². The second-order valence-corrected chi connectivity index (χ2v) is 8.06. The van der Waals surface area contributed by atoms with Gasteiger partial charge in [0.05, 0.1) is 10.6 Å². The summed E-state index contributed by atoms with van der Waals surface area (Å²) in [5.41, 5.74) is 1.75. The van der Waals surface area contributed by atoms with Gasteiger partial charge >= 0.3 is 0 Å². The van der Waals surface area contributed by atoms with Crippen LogP contribution in [0.3, 0.4) is 0 Å². The Morgan fingerprint density at radius 3 is 2.75 bits per heavy atom. The molecule has 0 saturated heterocycles. The first-order chi connectivity index (χ1) is 11.5. The molecule has 0 saturated carbocycles. The van der Waals surface area contributed by atoms with Crippen molar-refractivity contribution in [1.29, 1.82) is 0 Å². The number of hydrogen-bond acceptors (Lipinski definition) is 6. The molecule has 1 N–H and O–H groups in total. The molecule has 3 aromatic rings. The monoisotopic (exact) mass is 363 g/mol. The molecule has 0 bridgehead atoms. The molecule has 126 valence electrons. The van der Waals surface area contributed by atoms with Crippen molar-refractivity contribution in [3.05, 3.63) is 58.8 Å². The summed E-state index contributed by atoms with van der Waals surface area (Å²) in [6.07, 6.45) is 0.353. The van der Waals surface area contributed by atoms with E-state index < -0.39 is 10.0 Å². The predicted molar refractivity (Wildman–Crippen MR) is 93.1 cm³/mol. The van der Waals surface area contributed by atoms with Crippen molar-refractivity contribution in [2.75, 3.05) is 6.54 Å². The third-order valence-corrected chi connectivity index (χ3v) is 5.66. The van der Waals surface area contributed by atoms with E-state index in [0.717, 1.165) is 16.0 Å². The van der Waals surface area contributed by atoms with Gasteiger partial charge < -0.3 is 4.42 Å². The van der Waals surface area contributed by atoms with Crippen LogP contribution in [0.5, 0.6) is 0 Å². The molecule has 8 heteroatoms. The van der Waals surface area contributed by atoms with E-state index in [-0.39, 0.29) is 12.3 Å². The van der Waals surface area contributed by atoms with Crippen LogP contribution in [0.15, 0.2) is 46.2 Å². The standard InChI is InChI=1S/C16H17N3O3S2/c1-12-5-2-3-6-13(12)11-24(20,21)17-9-8-15-18-19-16(22-15)14-7-4-10-23-14/h2-7,10,17H,8-9,11H2,1H3. The van der Waals surface area contributed by atoms with E-state index in [9.17, 15) is 8.42 Å². The van der Waals surface area contributed by atoms with E-state index in [2.05, 4.69) is 14.9 Å². The Balaban J connectivity index is 1.55. The summed E-state index contributed by atoms with van der Waals surface area (Å²) >= 11 is 1.51. The van der Waals surface area contributed by atoms with Gasteiger partial charge in [0.1, 0.15) is 0 Å². The Labute approximate surface area is 144 Å². The molecule has 2 heterocycles. The van der Waals surface area contributed by atoms with Crippen LogP contribution in [-0.2, 0) is 22.2 Å². The molecule has 6 nitrogen and oxygen atoms in total. The van der Waals surface area contributed by atoms with Crippen LogP contribution in [0, 0.1) is 6.92 Å². The summed E-state index contributed by atoms with van der Waals surface area (Å²) < 4.78 is 32.4. The molecule has 0 unspecified atom stereocenters. The summed E-state index contributed by atoms with van der Waals surface area (Å²) in [6, 6.07) is 11.2. The first kappa shape index (κ1) is 16.8. The van der Waals surface area contributed by atoms with Crippen LogP contribution in [0.4, 0.5) is 0 Å². The molecule has 0 amide bonds. The Kier molecular flexibility index (Phi) is 5.08. The van der Waals surface area contributed by atoms with Crippen LogP contribution >= 0.6 is 11.3 Å². The molecule has 1 aromatic carbocycles. The number of hydrogen-bond donors (Lipinski definition) is 1. The number of sulfonamides is 1. The fourth-order valence-electron chi connectivity index (χ4n) is 2.20. The van der Waals surface area contributed by atoms with Crippen molar-refractivity contribution in [3.8, 4) is 10.8 Å². The van der Waals surface area contributed by atoms with Crippen LogP contribution in [-0.4, -0.2) is 25.2 Å². The third-order valence-electron chi connectivity index (χ3n) is 3.47. The smallest absolute Gasteiger partial charge is 0.257 e. The van der Waals surface area contributed by atoms with Gasteiger partial charge in [-0.2, -0.15) is 0 Å². The number of aromatic nitrogens is 2. The highest BCUT2D eigenvalue weighted by Gasteiger charge is 2.14. The summed E-state index contributed by atoms with van der Waals surface area (Å²) in [5, 5.41) is 9.84. The Bertz CT molecular complexity index is 902. The highest BCUT2D eigenvalue weighted by Crippen LogP contribution is 2.22. The number of aryl methyl sites for hydroxylation is 1. The number of nitrogens with one attached hydrogen (secondary N) is 1. The maximum absolute atomic E-state index is 12.2. The topological polar surface area (TPSA) is 85.1 Å². The maximum Gasteiger partial charge on any atom is 0.257 e. The lowest BCUT2D eigenvalue weighted by molar-refractivity contribution is 0.502. The lowest BCUT2D eigenvalue weighted by Gasteiger charge is -2.07. The SMILES string of the molecule is Cc1ccccc1CS(=O)(=O)NCCc1nnc(-c2cccs2)o1. The number of benzene rings is 1. The third kappa shape index (κ3) is 4.28. The van der Waals surface area contributed by atoms with E-state index in [0.29, 0.717) is 18.2 Å². The minimum atomic E-state index is -3.40. The van der Waals surface area contributed by atoms with Crippen molar-refractivity contribution >= 4 is 21.4 Å². The van der Waals surface area contributed by atoms with Gasteiger partial charge in [0, 0.05) is 13.0 Å². The van der Waals surface area contributed by atoms with Gasteiger partial charge in [-0.25, -0.2) is 13.1 Å². The molecule has 24 heavy (non-hydrogen) atoms. The average molecular weight is 363 g/mol. The highest BCUT2D eigenvalue weighted by molar-refractivity contribution is 7.88. The van der Waals surface area contributed by atoms with Crippen LogP contribution in [0.25, 0.3) is 10.8 Å². The van der Waals surface area contributed by atoms with Crippen molar-refractivity contribution in [1.82, 2.24) is 14.9 Å². The zero-order chi connectivity index (χ0) is 17.0. The zero-order valence-corrected chi connectivity index (χ0v) is 14.7. The van der Waals surface area contributed by atoms with Gasteiger partial charge in [0.15, 0.2) is 0 Å². The Hall–Kier alpha value is -2.03. The Morgan fingerprint density at radius 1 is 1.17 bits per heavy atom. The molecule has 0 atom stereocenters. The average Bonchev–Trinajstić information content (AvgIpc) is 3.20. The predicted octanol–water partition coefficient (Wildman–Crippen LogP) is 2.77. The van der Waals surface area contributed by atoms with Gasteiger partial charge in [-0.1, -0.05) is 30.3 Å². The van der Waals surface area contributed by atoms with E-state index in [1.54, 1.807) is 0 Å². The lowest BCUT2D eigenvalue weighted by atomic mass is 10.1. The summed E-state index contributed by atoms with van der Waals surface area (Å²) in [7, 11) is -3.40. The van der Waals surface area contributed by atoms with Gasteiger partial charge in [-0.15, -0.1) is 21.5 Å². The lowest BCUT2D eigenvalue weighted by Crippen LogP contribution is -2.27. The van der Waals surface area contributed by atoms with Crippen molar-refractivity contribution < 1.29 is 12.8 Å². The molecule has 0 aliphatic carbocycles. The molecule has 0 fully saturated rings. The van der Waals surface area contributed by atoms with Crippen LogP contribution in [0.2, 0.25) is 0 Å². The Morgan fingerprint density at radius 2 is 2.00 bits per heavy atom. The van der Waals surface area contributed by atoms with Crippen LogP contribution in [0.1, 0.15) is 17.0 Å². The second-order valence-electron chi connectivity index (χ2n) is 5.31. The molecule has 2 aromatic heterocycles.